The summed E-state index contributed by atoms with van der Waals surface area (Å²) in [6.07, 6.45) is 2.27. The van der Waals surface area contributed by atoms with Crippen molar-refractivity contribution in [1.29, 1.82) is 0 Å². The maximum absolute atomic E-state index is 6.70. The van der Waals surface area contributed by atoms with E-state index in [2.05, 4.69) is 89.8 Å². The first-order chi connectivity index (χ1) is 13.3. The SMILES string of the molecule is c1ccc(CO[C@@]23CC[C@@H](c4ccccc42)N(Cc2ccccc2)C3)cc1. The molecule has 0 aromatic heterocycles. The first-order valence-corrected chi connectivity index (χ1v) is 9.89. The van der Waals surface area contributed by atoms with E-state index in [9.17, 15) is 0 Å². The number of fused-ring (bicyclic) bond motifs is 2. The first-order valence-electron chi connectivity index (χ1n) is 9.89. The number of benzene rings is 3. The zero-order valence-electron chi connectivity index (χ0n) is 15.6. The molecule has 1 aliphatic carbocycles. The predicted octanol–water partition coefficient (Wildman–Crippen LogP) is 5.45. The fourth-order valence-electron chi connectivity index (χ4n) is 4.82. The smallest absolute Gasteiger partial charge is 0.107 e. The molecule has 2 heteroatoms. The van der Waals surface area contributed by atoms with Gasteiger partial charge in [-0.1, -0.05) is 84.9 Å². The summed E-state index contributed by atoms with van der Waals surface area (Å²) in [6, 6.07) is 30.8. The van der Waals surface area contributed by atoms with E-state index < -0.39 is 0 Å². The molecule has 6 rings (SSSR count). The number of hydrogen-bond donors (Lipinski definition) is 0. The van der Waals surface area contributed by atoms with Crippen LogP contribution in [0.15, 0.2) is 84.9 Å². The molecule has 3 aromatic rings. The van der Waals surface area contributed by atoms with Crippen LogP contribution in [0.1, 0.15) is 41.1 Å². The van der Waals surface area contributed by atoms with Crippen LogP contribution in [0.2, 0.25) is 0 Å². The van der Waals surface area contributed by atoms with E-state index in [1.165, 1.54) is 28.7 Å². The van der Waals surface area contributed by atoms with Crippen LogP contribution in [0, 0.1) is 0 Å². The molecule has 0 radical (unpaired) electrons. The van der Waals surface area contributed by atoms with Gasteiger partial charge in [0.05, 0.1) is 6.61 Å². The molecule has 1 saturated heterocycles. The van der Waals surface area contributed by atoms with Crippen molar-refractivity contribution in [3.63, 3.8) is 0 Å². The molecular weight excluding hydrogens is 330 g/mol. The second-order valence-corrected chi connectivity index (χ2v) is 7.80. The zero-order chi connectivity index (χ0) is 18.1. The van der Waals surface area contributed by atoms with E-state index in [4.69, 9.17) is 4.74 Å². The highest BCUT2D eigenvalue weighted by Crippen LogP contribution is 2.51. The number of rotatable bonds is 5. The van der Waals surface area contributed by atoms with Gasteiger partial charge >= 0.3 is 0 Å². The number of hydrogen-bond acceptors (Lipinski definition) is 2. The third-order valence-electron chi connectivity index (χ3n) is 6.12. The van der Waals surface area contributed by atoms with Crippen molar-refractivity contribution < 1.29 is 4.74 Å². The third kappa shape index (κ3) is 3.09. The molecule has 2 heterocycles. The van der Waals surface area contributed by atoms with Crippen molar-refractivity contribution in [2.45, 2.75) is 37.6 Å². The van der Waals surface area contributed by atoms with E-state index in [-0.39, 0.29) is 5.60 Å². The van der Waals surface area contributed by atoms with Gasteiger partial charge in [0.1, 0.15) is 5.60 Å². The monoisotopic (exact) mass is 355 g/mol. The molecule has 0 amide bonds. The lowest BCUT2D eigenvalue weighted by molar-refractivity contribution is -0.135. The van der Waals surface area contributed by atoms with Crippen molar-refractivity contribution in [2.24, 2.45) is 0 Å². The molecule has 0 saturated carbocycles. The molecular formula is C25H25NO. The minimum atomic E-state index is -0.198. The number of nitrogens with zero attached hydrogens (tertiary/aromatic N) is 1. The Morgan fingerprint density at radius 1 is 0.815 bits per heavy atom. The lowest BCUT2D eigenvalue weighted by atomic mass is 9.71. The van der Waals surface area contributed by atoms with Crippen LogP contribution in [0.3, 0.4) is 0 Å². The van der Waals surface area contributed by atoms with Gasteiger partial charge in [-0.2, -0.15) is 0 Å². The Balaban J connectivity index is 1.46. The predicted molar refractivity (Wildman–Crippen MR) is 108 cm³/mol. The summed E-state index contributed by atoms with van der Waals surface area (Å²) >= 11 is 0. The maximum atomic E-state index is 6.70. The molecule has 0 unspecified atom stereocenters. The molecule has 0 spiro atoms. The average Bonchev–Trinajstić information content (AvgIpc) is 2.75. The largest absolute Gasteiger partial charge is 0.364 e. The van der Waals surface area contributed by atoms with Gasteiger partial charge in [0, 0.05) is 19.1 Å². The second kappa shape index (κ2) is 6.95. The van der Waals surface area contributed by atoms with E-state index >= 15 is 0 Å². The summed E-state index contributed by atoms with van der Waals surface area (Å²) < 4.78 is 6.70. The zero-order valence-corrected chi connectivity index (χ0v) is 15.6. The summed E-state index contributed by atoms with van der Waals surface area (Å²) in [7, 11) is 0. The minimum absolute atomic E-state index is 0.198. The lowest BCUT2D eigenvalue weighted by Crippen LogP contribution is -2.53. The van der Waals surface area contributed by atoms with Crippen LogP contribution in [0.4, 0.5) is 0 Å². The Morgan fingerprint density at radius 2 is 1.48 bits per heavy atom. The highest BCUT2D eigenvalue weighted by atomic mass is 16.5. The molecule has 3 aliphatic rings. The van der Waals surface area contributed by atoms with Crippen LogP contribution < -0.4 is 0 Å². The Bertz CT molecular complexity index is 908. The van der Waals surface area contributed by atoms with E-state index in [0.717, 1.165) is 19.5 Å². The van der Waals surface area contributed by atoms with Crippen molar-refractivity contribution >= 4 is 0 Å². The molecule has 3 aromatic carbocycles. The van der Waals surface area contributed by atoms with Crippen molar-refractivity contribution in [1.82, 2.24) is 4.90 Å². The average molecular weight is 355 g/mol. The summed E-state index contributed by atoms with van der Waals surface area (Å²) in [5.41, 5.74) is 5.28. The van der Waals surface area contributed by atoms with E-state index in [1.54, 1.807) is 0 Å². The normalized spacial score (nSPS) is 23.9. The van der Waals surface area contributed by atoms with Crippen LogP contribution in [-0.4, -0.2) is 11.4 Å². The van der Waals surface area contributed by atoms with Crippen LogP contribution >= 0.6 is 0 Å². The highest BCUT2D eigenvalue weighted by Gasteiger charge is 2.49. The standard InChI is InChI=1S/C25H25NO/c1-3-9-20(10-4-1)17-26-19-25(27-18-21-11-5-2-6-12-21)16-15-24(26)22-13-7-8-14-23(22)25/h1-14,24H,15-19H2/t24-,25+/m0/s1. The van der Waals surface area contributed by atoms with Crippen molar-refractivity contribution in [3.8, 4) is 0 Å². The maximum Gasteiger partial charge on any atom is 0.107 e. The van der Waals surface area contributed by atoms with Crippen LogP contribution in [-0.2, 0) is 23.5 Å². The third-order valence-corrected chi connectivity index (χ3v) is 6.12. The van der Waals surface area contributed by atoms with Gasteiger partial charge < -0.3 is 4.74 Å². The summed E-state index contributed by atoms with van der Waals surface area (Å²) in [6.45, 7) is 2.62. The number of piperidine rings is 1. The quantitative estimate of drug-likeness (QED) is 0.603. The highest BCUT2D eigenvalue weighted by molar-refractivity contribution is 5.41. The van der Waals surface area contributed by atoms with Gasteiger partial charge in [-0.15, -0.1) is 0 Å². The van der Waals surface area contributed by atoms with Gasteiger partial charge in [0.2, 0.25) is 0 Å². The Kier molecular flexibility index (Phi) is 4.31. The van der Waals surface area contributed by atoms with E-state index in [1.807, 2.05) is 0 Å². The first kappa shape index (κ1) is 16.7. The van der Waals surface area contributed by atoms with Gasteiger partial charge in [-0.05, 0) is 35.1 Å². The van der Waals surface area contributed by atoms with E-state index in [0.29, 0.717) is 12.6 Å². The van der Waals surface area contributed by atoms with Gasteiger partial charge in [0.15, 0.2) is 0 Å². The molecule has 0 N–H and O–H groups in total. The minimum Gasteiger partial charge on any atom is -0.364 e. The van der Waals surface area contributed by atoms with Gasteiger partial charge in [0.25, 0.3) is 0 Å². The lowest BCUT2D eigenvalue weighted by Gasteiger charge is -2.53. The molecule has 2 nitrogen and oxygen atoms in total. The van der Waals surface area contributed by atoms with Gasteiger partial charge in [-0.25, -0.2) is 0 Å². The molecule has 2 aliphatic heterocycles. The van der Waals surface area contributed by atoms with Crippen LogP contribution in [0.25, 0.3) is 0 Å². The Labute approximate surface area is 161 Å². The van der Waals surface area contributed by atoms with Crippen molar-refractivity contribution in [2.75, 3.05) is 6.54 Å². The van der Waals surface area contributed by atoms with Crippen molar-refractivity contribution in [3.05, 3.63) is 107 Å². The topological polar surface area (TPSA) is 12.5 Å². The fraction of sp³-hybridized carbons (Fsp3) is 0.280. The molecule has 2 atom stereocenters. The summed E-state index contributed by atoms with van der Waals surface area (Å²) in [5.74, 6) is 0. The van der Waals surface area contributed by atoms with Gasteiger partial charge in [-0.3, -0.25) is 4.90 Å². The molecule has 1 fully saturated rings. The second-order valence-electron chi connectivity index (χ2n) is 7.80. The summed E-state index contributed by atoms with van der Waals surface area (Å²) in [5, 5.41) is 0. The molecule has 27 heavy (non-hydrogen) atoms. The molecule has 136 valence electrons. The Morgan fingerprint density at radius 3 is 2.26 bits per heavy atom. The Hall–Kier alpha value is -2.42. The van der Waals surface area contributed by atoms with Crippen LogP contribution in [0.5, 0.6) is 0 Å². The molecule has 2 bridgehead atoms. The fourth-order valence-corrected chi connectivity index (χ4v) is 4.82. The number of ether oxygens (including phenoxy) is 1. The summed E-state index contributed by atoms with van der Waals surface area (Å²) in [4.78, 5) is 2.62.